The number of likely N-dealkylation sites (tertiary alicyclic amines) is 1. The summed E-state index contributed by atoms with van der Waals surface area (Å²) in [5.74, 6) is 2.02. The Morgan fingerprint density at radius 3 is 2.79 bits per heavy atom. The smallest absolute Gasteiger partial charge is 0.107 e. The van der Waals surface area contributed by atoms with E-state index in [1.807, 2.05) is 6.07 Å². The predicted molar refractivity (Wildman–Crippen MR) is 113 cm³/mol. The molecule has 4 aliphatic rings. The highest BCUT2D eigenvalue weighted by Crippen LogP contribution is 2.53. The lowest BCUT2D eigenvalue weighted by Gasteiger charge is -2.44. The van der Waals surface area contributed by atoms with Crippen LogP contribution in [0.1, 0.15) is 78.7 Å². The molecule has 1 aromatic carbocycles. The molecule has 2 heterocycles. The molecule has 1 aliphatic heterocycles. The first-order chi connectivity index (χ1) is 14.3. The summed E-state index contributed by atoms with van der Waals surface area (Å²) in [6, 6.07) is 8.49. The molecule has 1 unspecified atom stereocenters. The molecule has 2 bridgehead atoms. The monoisotopic (exact) mass is 395 g/mol. The number of aliphatic hydroxyl groups is 1. The van der Waals surface area contributed by atoms with Crippen molar-refractivity contribution in [2.75, 3.05) is 32.8 Å². The van der Waals surface area contributed by atoms with Gasteiger partial charge in [-0.05, 0) is 92.1 Å². The minimum absolute atomic E-state index is 0.605. The molecule has 4 heteroatoms. The molecule has 6 rings (SSSR count). The lowest BCUT2D eigenvalue weighted by Crippen LogP contribution is -2.31. The molecule has 0 amide bonds. The van der Waals surface area contributed by atoms with Gasteiger partial charge in [-0.25, -0.2) is 0 Å². The van der Waals surface area contributed by atoms with Crippen LogP contribution in [0.2, 0.25) is 0 Å². The summed E-state index contributed by atoms with van der Waals surface area (Å²) in [5, 5.41) is 10.7. The first-order valence-electron chi connectivity index (χ1n) is 11.4. The summed E-state index contributed by atoms with van der Waals surface area (Å²) in [7, 11) is 0. The van der Waals surface area contributed by atoms with Gasteiger partial charge in [-0.15, -0.1) is 0 Å². The number of furan rings is 1. The Kier molecular flexibility index (Phi) is 5.76. The van der Waals surface area contributed by atoms with Gasteiger partial charge in [0.1, 0.15) is 6.10 Å². The summed E-state index contributed by atoms with van der Waals surface area (Å²) in [6.07, 6.45) is 10.4. The van der Waals surface area contributed by atoms with E-state index >= 15 is 0 Å². The standard InChI is InChI=1S/C25H33NO3/c27-25(21-8-13-29-17-21)20-4-6-22-18-3-5-23(24(22)16-20)19(15-18)7-12-28-14-11-26-9-1-2-10-26/h4,6,8,13,16-19,23,25,27H,1-3,5,7,9-12,14-15H2/t18-,19-,23+,25?/m0/s1. The Hall–Kier alpha value is -1.62. The minimum atomic E-state index is -0.605. The van der Waals surface area contributed by atoms with Crippen molar-refractivity contribution in [3.63, 3.8) is 0 Å². The van der Waals surface area contributed by atoms with Crippen LogP contribution in [0.4, 0.5) is 0 Å². The topological polar surface area (TPSA) is 45.8 Å². The SMILES string of the molecule is OC(c1ccoc1)c1ccc2c(c1)[C@@H]1CC[C@H]2C[C@@H]1CCOCCN1CCCC1. The van der Waals surface area contributed by atoms with Gasteiger partial charge >= 0.3 is 0 Å². The Labute approximate surface area is 173 Å². The van der Waals surface area contributed by atoms with Crippen LogP contribution >= 0.6 is 0 Å². The first-order valence-corrected chi connectivity index (χ1v) is 11.4. The normalized spacial score (nSPS) is 27.3. The summed E-state index contributed by atoms with van der Waals surface area (Å²) in [6.45, 7) is 5.35. The Morgan fingerprint density at radius 2 is 1.97 bits per heavy atom. The third-order valence-corrected chi connectivity index (χ3v) is 7.49. The molecule has 1 saturated heterocycles. The Balaban J connectivity index is 1.21. The van der Waals surface area contributed by atoms with Gasteiger partial charge in [-0.2, -0.15) is 0 Å². The molecule has 4 atom stereocenters. The van der Waals surface area contributed by atoms with Crippen LogP contribution in [0.3, 0.4) is 0 Å². The van der Waals surface area contributed by atoms with Crippen LogP contribution in [0.25, 0.3) is 0 Å². The van der Waals surface area contributed by atoms with E-state index in [1.165, 1.54) is 56.3 Å². The van der Waals surface area contributed by atoms with E-state index < -0.39 is 6.10 Å². The molecule has 156 valence electrons. The van der Waals surface area contributed by atoms with Crippen molar-refractivity contribution in [3.05, 3.63) is 59.0 Å². The van der Waals surface area contributed by atoms with Crippen molar-refractivity contribution >= 4 is 0 Å². The summed E-state index contributed by atoms with van der Waals surface area (Å²) >= 11 is 0. The van der Waals surface area contributed by atoms with Crippen LogP contribution in [0.15, 0.2) is 41.2 Å². The van der Waals surface area contributed by atoms with Crippen molar-refractivity contribution in [1.82, 2.24) is 4.90 Å². The molecule has 1 saturated carbocycles. The average Bonchev–Trinajstić information content (AvgIpc) is 3.47. The molecule has 0 spiro atoms. The maximum Gasteiger partial charge on any atom is 0.107 e. The highest BCUT2D eigenvalue weighted by atomic mass is 16.5. The fourth-order valence-electron chi connectivity index (χ4n) is 5.89. The summed E-state index contributed by atoms with van der Waals surface area (Å²) < 4.78 is 11.2. The second-order valence-electron chi connectivity index (χ2n) is 9.17. The van der Waals surface area contributed by atoms with Gasteiger partial charge in [0.2, 0.25) is 0 Å². The number of hydrogen-bond donors (Lipinski definition) is 1. The van der Waals surface area contributed by atoms with E-state index in [2.05, 4.69) is 23.1 Å². The molecule has 3 aliphatic carbocycles. The van der Waals surface area contributed by atoms with Crippen LogP contribution < -0.4 is 0 Å². The van der Waals surface area contributed by atoms with Gasteiger partial charge in [-0.3, -0.25) is 0 Å². The van der Waals surface area contributed by atoms with Crippen molar-refractivity contribution < 1.29 is 14.3 Å². The van der Waals surface area contributed by atoms with Crippen molar-refractivity contribution in [2.24, 2.45) is 5.92 Å². The average molecular weight is 396 g/mol. The number of nitrogens with zero attached hydrogens (tertiary/aromatic N) is 1. The second-order valence-corrected chi connectivity index (χ2v) is 9.17. The molecule has 4 nitrogen and oxygen atoms in total. The number of benzene rings is 1. The second kappa shape index (κ2) is 8.63. The largest absolute Gasteiger partial charge is 0.472 e. The Morgan fingerprint density at radius 1 is 1.07 bits per heavy atom. The molecule has 1 aromatic heterocycles. The number of aliphatic hydroxyl groups excluding tert-OH is 1. The van der Waals surface area contributed by atoms with Gasteiger partial charge in [0.05, 0.1) is 19.1 Å². The number of fused-ring (bicyclic) bond motifs is 2. The number of ether oxygens (including phenoxy) is 1. The zero-order valence-electron chi connectivity index (χ0n) is 17.3. The molecule has 2 aromatic rings. The van der Waals surface area contributed by atoms with Gasteiger partial charge in [0.25, 0.3) is 0 Å². The lowest BCUT2D eigenvalue weighted by molar-refractivity contribution is 0.0875. The van der Waals surface area contributed by atoms with Crippen molar-refractivity contribution in [2.45, 2.75) is 56.5 Å². The summed E-state index contributed by atoms with van der Waals surface area (Å²) in [4.78, 5) is 2.52. The van der Waals surface area contributed by atoms with Crippen molar-refractivity contribution in [3.8, 4) is 0 Å². The van der Waals surface area contributed by atoms with Gasteiger partial charge in [-0.1, -0.05) is 18.2 Å². The van der Waals surface area contributed by atoms with Gasteiger partial charge in [0.15, 0.2) is 0 Å². The molecule has 0 radical (unpaired) electrons. The zero-order chi connectivity index (χ0) is 19.6. The Bertz CT molecular complexity index is 796. The highest BCUT2D eigenvalue weighted by molar-refractivity contribution is 5.43. The number of hydrogen-bond acceptors (Lipinski definition) is 4. The van der Waals surface area contributed by atoms with Gasteiger partial charge in [0, 0.05) is 18.7 Å². The molecule has 2 fully saturated rings. The van der Waals surface area contributed by atoms with E-state index in [4.69, 9.17) is 9.15 Å². The van der Waals surface area contributed by atoms with Gasteiger partial charge < -0.3 is 19.2 Å². The van der Waals surface area contributed by atoms with E-state index in [0.29, 0.717) is 17.8 Å². The quantitative estimate of drug-likeness (QED) is 0.650. The van der Waals surface area contributed by atoms with Crippen molar-refractivity contribution in [1.29, 1.82) is 0 Å². The summed E-state index contributed by atoms with van der Waals surface area (Å²) in [5.41, 5.74) is 4.82. The molecular weight excluding hydrogens is 362 g/mol. The van der Waals surface area contributed by atoms with E-state index in [1.54, 1.807) is 12.5 Å². The molecule has 1 N–H and O–H groups in total. The van der Waals surface area contributed by atoms with Crippen LogP contribution in [0.5, 0.6) is 0 Å². The fourth-order valence-corrected chi connectivity index (χ4v) is 5.89. The highest BCUT2D eigenvalue weighted by Gasteiger charge is 2.39. The first kappa shape index (κ1) is 19.3. The number of rotatable bonds is 8. The molecular formula is C25H33NO3. The van der Waals surface area contributed by atoms with E-state index in [9.17, 15) is 5.11 Å². The zero-order valence-corrected chi connectivity index (χ0v) is 17.3. The van der Waals surface area contributed by atoms with E-state index in [0.717, 1.165) is 37.3 Å². The fraction of sp³-hybridized carbons (Fsp3) is 0.600. The lowest BCUT2D eigenvalue weighted by atomic mass is 9.61. The predicted octanol–water partition coefficient (Wildman–Crippen LogP) is 4.84. The van der Waals surface area contributed by atoms with Crippen LogP contribution in [0, 0.1) is 5.92 Å². The third-order valence-electron chi connectivity index (χ3n) is 7.49. The van der Waals surface area contributed by atoms with Crippen LogP contribution in [-0.2, 0) is 4.74 Å². The minimum Gasteiger partial charge on any atom is -0.472 e. The van der Waals surface area contributed by atoms with Crippen LogP contribution in [-0.4, -0.2) is 42.9 Å². The maximum absolute atomic E-state index is 10.7. The molecule has 29 heavy (non-hydrogen) atoms. The van der Waals surface area contributed by atoms with E-state index in [-0.39, 0.29) is 0 Å². The third kappa shape index (κ3) is 4.03. The maximum atomic E-state index is 10.7.